The molecule has 1 aliphatic rings. The summed E-state index contributed by atoms with van der Waals surface area (Å²) in [6.45, 7) is 2.56. The van der Waals surface area contributed by atoms with Crippen LogP contribution in [0.3, 0.4) is 0 Å². The molecule has 4 aromatic rings. The summed E-state index contributed by atoms with van der Waals surface area (Å²) >= 11 is 0. The number of benzene rings is 3. The van der Waals surface area contributed by atoms with Crippen molar-refractivity contribution in [2.75, 3.05) is 0 Å². The number of nitrogens with one attached hydrogen (secondary N) is 1. The summed E-state index contributed by atoms with van der Waals surface area (Å²) in [5.41, 5.74) is 7.82. The van der Waals surface area contributed by atoms with E-state index in [0.717, 1.165) is 40.1 Å². The first-order valence-electron chi connectivity index (χ1n) is 10.7. The minimum absolute atomic E-state index is 0.0435. The summed E-state index contributed by atoms with van der Waals surface area (Å²) in [5, 5.41) is 4.30. The smallest absolute Gasteiger partial charge is 0.240 e. The predicted molar refractivity (Wildman–Crippen MR) is 123 cm³/mol. The van der Waals surface area contributed by atoms with Crippen molar-refractivity contribution in [2.24, 2.45) is 11.0 Å². The Labute approximate surface area is 185 Å². The zero-order valence-corrected chi connectivity index (χ0v) is 17.7. The third-order valence-corrected chi connectivity index (χ3v) is 5.63. The van der Waals surface area contributed by atoms with Gasteiger partial charge in [0.05, 0.1) is 5.71 Å². The number of fused-ring (bicyclic) bond motifs is 1. The molecule has 0 spiro atoms. The number of carbonyl (C=O) groups is 1. The summed E-state index contributed by atoms with van der Waals surface area (Å²) in [5.74, 6) is 1.35. The van der Waals surface area contributed by atoms with Gasteiger partial charge in [-0.1, -0.05) is 49.4 Å². The van der Waals surface area contributed by atoms with Gasteiger partial charge in [0, 0.05) is 23.5 Å². The first-order valence-corrected chi connectivity index (χ1v) is 10.7. The fourth-order valence-electron chi connectivity index (χ4n) is 3.89. The van der Waals surface area contributed by atoms with Gasteiger partial charge in [-0.3, -0.25) is 4.79 Å². The van der Waals surface area contributed by atoms with E-state index in [0.29, 0.717) is 24.5 Å². The van der Waals surface area contributed by atoms with E-state index >= 15 is 0 Å². The van der Waals surface area contributed by atoms with E-state index in [-0.39, 0.29) is 11.8 Å². The Balaban J connectivity index is 1.40. The zero-order valence-electron chi connectivity index (χ0n) is 17.7. The summed E-state index contributed by atoms with van der Waals surface area (Å²) in [7, 11) is 0. The Morgan fingerprint density at radius 3 is 2.75 bits per heavy atom. The molecule has 32 heavy (non-hydrogen) atoms. The Morgan fingerprint density at radius 2 is 1.91 bits per heavy atom. The van der Waals surface area contributed by atoms with E-state index in [2.05, 4.69) is 22.4 Å². The molecule has 5 rings (SSSR count). The third-order valence-electron chi connectivity index (χ3n) is 5.63. The fraction of sp³-hybridized carbons (Fsp3) is 0.192. The average Bonchev–Trinajstić information content (AvgIpc) is 3.27. The second kappa shape index (κ2) is 8.67. The number of hydrazone groups is 1. The average molecular weight is 425 g/mol. The van der Waals surface area contributed by atoms with Crippen LogP contribution in [0.25, 0.3) is 22.6 Å². The van der Waals surface area contributed by atoms with Gasteiger partial charge < -0.3 is 9.15 Å². The molecule has 1 aliphatic heterocycles. The van der Waals surface area contributed by atoms with Gasteiger partial charge in [0.15, 0.2) is 5.58 Å². The molecule has 0 bridgehead atoms. The van der Waals surface area contributed by atoms with Crippen molar-refractivity contribution in [1.29, 1.82) is 0 Å². The van der Waals surface area contributed by atoms with Gasteiger partial charge in [-0.25, -0.2) is 10.4 Å². The molecule has 0 saturated heterocycles. The lowest BCUT2D eigenvalue weighted by molar-refractivity contribution is -0.122. The van der Waals surface area contributed by atoms with Gasteiger partial charge in [0.1, 0.15) is 17.9 Å². The van der Waals surface area contributed by atoms with E-state index < -0.39 is 0 Å². The van der Waals surface area contributed by atoms with Crippen LogP contribution < -0.4 is 10.2 Å². The molecule has 160 valence electrons. The maximum Gasteiger partial charge on any atom is 0.240 e. The zero-order chi connectivity index (χ0) is 21.9. The maximum absolute atomic E-state index is 11.7. The van der Waals surface area contributed by atoms with E-state index in [1.807, 2.05) is 72.8 Å². The quantitative estimate of drug-likeness (QED) is 0.453. The Hall–Kier alpha value is -3.93. The van der Waals surface area contributed by atoms with Crippen molar-refractivity contribution in [3.8, 4) is 17.2 Å². The Morgan fingerprint density at radius 1 is 1.03 bits per heavy atom. The molecule has 2 heterocycles. The first-order chi connectivity index (χ1) is 15.7. The van der Waals surface area contributed by atoms with E-state index in [1.165, 1.54) is 0 Å². The van der Waals surface area contributed by atoms with Crippen molar-refractivity contribution < 1.29 is 13.9 Å². The van der Waals surface area contributed by atoms with Gasteiger partial charge in [-0.05, 0) is 42.3 Å². The highest BCUT2D eigenvalue weighted by molar-refractivity contribution is 6.07. The second-order valence-electron chi connectivity index (χ2n) is 7.84. The molecular weight excluding hydrogens is 402 g/mol. The lowest BCUT2D eigenvalue weighted by Gasteiger charge is -2.21. The molecule has 0 saturated carbocycles. The molecule has 3 aromatic carbocycles. The van der Waals surface area contributed by atoms with Gasteiger partial charge >= 0.3 is 0 Å². The van der Waals surface area contributed by atoms with E-state index in [1.54, 1.807) is 0 Å². The SMILES string of the molecule is CCC1CC(=O)NN=C1c1ccc2nc(-c3cccc(OCc4ccccc4)c3)oc2c1. The standard InChI is InChI=1S/C26H23N3O3/c1-2-18-15-24(30)28-29-25(18)19-11-12-22-23(14-19)32-26(27-22)20-9-6-10-21(13-20)31-16-17-7-4-3-5-8-17/h3-14,18H,2,15-16H2,1H3,(H,28,30). The Kier molecular flexibility index (Phi) is 5.42. The minimum Gasteiger partial charge on any atom is -0.489 e. The predicted octanol–water partition coefficient (Wildman–Crippen LogP) is 5.32. The third kappa shape index (κ3) is 4.12. The maximum atomic E-state index is 11.7. The Bertz CT molecular complexity index is 1290. The number of carbonyl (C=O) groups excluding carboxylic acids is 1. The molecule has 0 fully saturated rings. The van der Waals surface area contributed by atoms with Crippen molar-refractivity contribution in [3.05, 3.63) is 83.9 Å². The highest BCUT2D eigenvalue weighted by Gasteiger charge is 2.24. The van der Waals surface area contributed by atoms with Crippen LogP contribution >= 0.6 is 0 Å². The highest BCUT2D eigenvalue weighted by atomic mass is 16.5. The monoisotopic (exact) mass is 425 g/mol. The minimum atomic E-state index is -0.0435. The number of oxazole rings is 1. The van der Waals surface area contributed by atoms with Gasteiger partial charge in [0.2, 0.25) is 11.8 Å². The molecule has 6 nitrogen and oxygen atoms in total. The number of hydrogen-bond acceptors (Lipinski definition) is 5. The number of hydrogen-bond donors (Lipinski definition) is 1. The van der Waals surface area contributed by atoms with Crippen LogP contribution in [0.2, 0.25) is 0 Å². The molecule has 1 unspecified atom stereocenters. The van der Waals surface area contributed by atoms with Gasteiger partial charge in [0.25, 0.3) is 0 Å². The molecule has 0 aliphatic carbocycles. The van der Waals surface area contributed by atoms with Gasteiger partial charge in [-0.2, -0.15) is 5.10 Å². The summed E-state index contributed by atoms with van der Waals surface area (Å²) in [6.07, 6.45) is 1.30. The van der Waals surface area contributed by atoms with Crippen LogP contribution in [-0.4, -0.2) is 16.6 Å². The lowest BCUT2D eigenvalue weighted by atomic mass is 9.90. The number of ether oxygens (including phenoxy) is 1. The number of aromatic nitrogens is 1. The highest BCUT2D eigenvalue weighted by Crippen LogP contribution is 2.29. The van der Waals surface area contributed by atoms with Crippen molar-refractivity contribution >= 4 is 22.7 Å². The molecule has 0 radical (unpaired) electrons. The second-order valence-corrected chi connectivity index (χ2v) is 7.84. The fourth-order valence-corrected chi connectivity index (χ4v) is 3.89. The van der Waals surface area contributed by atoms with Crippen molar-refractivity contribution in [1.82, 2.24) is 10.4 Å². The lowest BCUT2D eigenvalue weighted by Crippen LogP contribution is -2.33. The summed E-state index contributed by atoms with van der Waals surface area (Å²) in [6, 6.07) is 23.6. The van der Waals surface area contributed by atoms with Gasteiger partial charge in [-0.15, -0.1) is 0 Å². The van der Waals surface area contributed by atoms with Crippen LogP contribution in [0.4, 0.5) is 0 Å². The molecule has 1 amide bonds. The molecular formula is C26H23N3O3. The first kappa shape index (κ1) is 20.0. The normalized spacial score (nSPS) is 16.0. The summed E-state index contributed by atoms with van der Waals surface area (Å²) < 4.78 is 12.0. The molecule has 1 atom stereocenters. The largest absolute Gasteiger partial charge is 0.489 e. The number of amides is 1. The number of rotatable bonds is 6. The van der Waals surface area contributed by atoms with Crippen LogP contribution in [0, 0.1) is 5.92 Å². The molecule has 1 N–H and O–H groups in total. The van der Waals surface area contributed by atoms with Crippen LogP contribution in [0.15, 0.2) is 82.3 Å². The summed E-state index contributed by atoms with van der Waals surface area (Å²) in [4.78, 5) is 16.3. The molecule has 1 aromatic heterocycles. The van der Waals surface area contributed by atoms with Crippen LogP contribution in [-0.2, 0) is 11.4 Å². The van der Waals surface area contributed by atoms with E-state index in [9.17, 15) is 4.79 Å². The van der Waals surface area contributed by atoms with E-state index in [4.69, 9.17) is 9.15 Å². The van der Waals surface area contributed by atoms with Crippen LogP contribution in [0.1, 0.15) is 30.9 Å². The topological polar surface area (TPSA) is 76.7 Å². The van der Waals surface area contributed by atoms with Crippen molar-refractivity contribution in [2.45, 2.75) is 26.4 Å². The number of nitrogens with zero attached hydrogens (tertiary/aromatic N) is 2. The molecule has 6 heteroatoms. The van der Waals surface area contributed by atoms with Crippen molar-refractivity contribution in [3.63, 3.8) is 0 Å². The van der Waals surface area contributed by atoms with Crippen LogP contribution in [0.5, 0.6) is 5.75 Å².